The summed E-state index contributed by atoms with van der Waals surface area (Å²) in [6.07, 6.45) is 0.967. The van der Waals surface area contributed by atoms with E-state index in [2.05, 4.69) is 22.2 Å². The molecule has 0 spiro atoms. The first-order valence-electron chi connectivity index (χ1n) is 7.05. The molecule has 0 aliphatic carbocycles. The lowest BCUT2D eigenvalue weighted by atomic mass is 10.1. The van der Waals surface area contributed by atoms with E-state index in [0.717, 1.165) is 29.2 Å². The molecule has 21 heavy (non-hydrogen) atoms. The monoisotopic (exact) mass is 287 g/mol. The molecule has 0 unspecified atom stereocenters. The minimum atomic E-state index is 0.376. The molecule has 5 nitrogen and oxygen atoms in total. The number of hydrogen-bond acceptors (Lipinski definition) is 5. The number of methoxy groups -OCH3 is 1. The largest absolute Gasteiger partial charge is 0.493 e. The van der Waals surface area contributed by atoms with Crippen LogP contribution in [0.15, 0.2) is 30.3 Å². The highest BCUT2D eigenvalue weighted by Crippen LogP contribution is 2.29. The van der Waals surface area contributed by atoms with Crippen LogP contribution in [0.5, 0.6) is 5.75 Å². The van der Waals surface area contributed by atoms with Gasteiger partial charge in [0.25, 0.3) is 0 Å². The summed E-state index contributed by atoms with van der Waals surface area (Å²) in [4.78, 5) is 8.92. The number of anilines is 1. The van der Waals surface area contributed by atoms with Crippen LogP contribution >= 0.6 is 0 Å². The molecule has 0 fully saturated rings. The molecule has 2 aromatic rings. The molecule has 0 saturated heterocycles. The SMILES string of the molecule is CCCOc1ccccc1-c1cc(NC)nc(COC)n1. The highest BCUT2D eigenvalue weighted by Gasteiger charge is 2.10. The van der Waals surface area contributed by atoms with Gasteiger partial charge in [0.2, 0.25) is 0 Å². The van der Waals surface area contributed by atoms with Crippen LogP contribution in [0, 0.1) is 0 Å². The maximum absolute atomic E-state index is 5.80. The van der Waals surface area contributed by atoms with Gasteiger partial charge in [-0.1, -0.05) is 19.1 Å². The van der Waals surface area contributed by atoms with Gasteiger partial charge in [0.1, 0.15) is 18.2 Å². The lowest BCUT2D eigenvalue weighted by molar-refractivity contribution is 0.178. The first-order valence-corrected chi connectivity index (χ1v) is 7.05. The molecule has 0 amide bonds. The van der Waals surface area contributed by atoms with Crippen molar-refractivity contribution in [3.63, 3.8) is 0 Å². The molecule has 1 N–H and O–H groups in total. The van der Waals surface area contributed by atoms with Crippen molar-refractivity contribution in [3.8, 4) is 17.0 Å². The Hall–Kier alpha value is -2.14. The third kappa shape index (κ3) is 3.92. The van der Waals surface area contributed by atoms with Gasteiger partial charge in [0.15, 0.2) is 5.82 Å². The van der Waals surface area contributed by atoms with Gasteiger partial charge in [-0.25, -0.2) is 9.97 Å². The fourth-order valence-electron chi connectivity index (χ4n) is 1.97. The highest BCUT2D eigenvalue weighted by atomic mass is 16.5. The normalized spacial score (nSPS) is 10.4. The second-order valence-electron chi connectivity index (χ2n) is 4.58. The Morgan fingerprint density at radius 3 is 2.71 bits per heavy atom. The standard InChI is InChI=1S/C16H21N3O2/c1-4-9-21-14-8-6-5-7-12(14)13-10-15(17-2)19-16(18-13)11-20-3/h5-8,10H,4,9,11H2,1-3H3,(H,17,18,19). The maximum atomic E-state index is 5.80. The molecule has 0 aliphatic heterocycles. The predicted octanol–water partition coefficient (Wildman–Crippen LogP) is 3.12. The van der Waals surface area contributed by atoms with E-state index in [0.29, 0.717) is 19.0 Å². The van der Waals surface area contributed by atoms with Crippen molar-refractivity contribution < 1.29 is 9.47 Å². The molecule has 1 heterocycles. The van der Waals surface area contributed by atoms with Crippen LogP contribution in [0.4, 0.5) is 5.82 Å². The Kier molecular flexibility index (Phi) is 5.51. The van der Waals surface area contributed by atoms with Crippen LogP contribution in [-0.2, 0) is 11.3 Å². The molecule has 1 aromatic carbocycles. The molecule has 2 rings (SSSR count). The van der Waals surface area contributed by atoms with Crippen LogP contribution < -0.4 is 10.1 Å². The first-order chi connectivity index (χ1) is 10.3. The number of rotatable bonds is 7. The average molecular weight is 287 g/mol. The summed E-state index contributed by atoms with van der Waals surface area (Å²) in [5, 5.41) is 3.05. The van der Waals surface area contributed by atoms with E-state index < -0.39 is 0 Å². The van der Waals surface area contributed by atoms with Crippen molar-refractivity contribution in [2.24, 2.45) is 0 Å². The van der Waals surface area contributed by atoms with E-state index in [1.165, 1.54) is 0 Å². The molecular weight excluding hydrogens is 266 g/mol. The number of para-hydroxylation sites is 1. The van der Waals surface area contributed by atoms with E-state index in [9.17, 15) is 0 Å². The lowest BCUT2D eigenvalue weighted by Crippen LogP contribution is -2.04. The number of benzene rings is 1. The topological polar surface area (TPSA) is 56.3 Å². The number of ether oxygens (including phenoxy) is 2. The van der Waals surface area contributed by atoms with Gasteiger partial charge >= 0.3 is 0 Å². The van der Waals surface area contributed by atoms with E-state index in [4.69, 9.17) is 9.47 Å². The van der Waals surface area contributed by atoms with Crippen molar-refractivity contribution in [3.05, 3.63) is 36.2 Å². The molecule has 1 aromatic heterocycles. The average Bonchev–Trinajstić information content (AvgIpc) is 2.53. The maximum Gasteiger partial charge on any atom is 0.157 e. The van der Waals surface area contributed by atoms with Gasteiger partial charge in [0, 0.05) is 25.8 Å². The zero-order valence-electron chi connectivity index (χ0n) is 12.7. The van der Waals surface area contributed by atoms with Crippen LogP contribution in [0.1, 0.15) is 19.2 Å². The first kappa shape index (κ1) is 15.3. The second-order valence-corrected chi connectivity index (χ2v) is 4.58. The Morgan fingerprint density at radius 1 is 1.19 bits per heavy atom. The number of hydrogen-bond donors (Lipinski definition) is 1. The van der Waals surface area contributed by atoms with E-state index >= 15 is 0 Å². The van der Waals surface area contributed by atoms with Crippen molar-refractivity contribution in [2.75, 3.05) is 26.1 Å². The summed E-state index contributed by atoms with van der Waals surface area (Å²) < 4.78 is 10.9. The van der Waals surface area contributed by atoms with Crippen LogP contribution in [0.25, 0.3) is 11.3 Å². The smallest absolute Gasteiger partial charge is 0.157 e. The van der Waals surface area contributed by atoms with Gasteiger partial charge in [-0.2, -0.15) is 0 Å². The third-order valence-electron chi connectivity index (χ3n) is 2.93. The number of aromatic nitrogens is 2. The van der Waals surface area contributed by atoms with E-state index in [1.54, 1.807) is 7.11 Å². The predicted molar refractivity (Wildman–Crippen MR) is 83.5 cm³/mol. The fraction of sp³-hybridized carbons (Fsp3) is 0.375. The van der Waals surface area contributed by atoms with Crippen molar-refractivity contribution in [2.45, 2.75) is 20.0 Å². The van der Waals surface area contributed by atoms with Crippen molar-refractivity contribution >= 4 is 5.82 Å². The summed E-state index contributed by atoms with van der Waals surface area (Å²) in [7, 11) is 3.47. The fourth-order valence-corrected chi connectivity index (χ4v) is 1.97. The number of nitrogens with one attached hydrogen (secondary N) is 1. The Morgan fingerprint density at radius 2 is 2.00 bits per heavy atom. The Labute approximate surface area is 125 Å². The Balaban J connectivity index is 2.42. The van der Waals surface area contributed by atoms with Crippen LogP contribution in [0.2, 0.25) is 0 Å². The molecule has 112 valence electrons. The van der Waals surface area contributed by atoms with Gasteiger partial charge in [-0.3, -0.25) is 0 Å². The summed E-state index contributed by atoms with van der Waals surface area (Å²) in [6, 6.07) is 9.81. The molecule has 0 bridgehead atoms. The molecule has 0 saturated carbocycles. The molecule has 0 atom stereocenters. The van der Waals surface area contributed by atoms with Crippen LogP contribution in [-0.4, -0.2) is 30.7 Å². The summed E-state index contributed by atoms with van der Waals surface area (Å²) in [6.45, 7) is 3.15. The quantitative estimate of drug-likeness (QED) is 0.848. The Bertz CT molecular complexity index is 587. The minimum Gasteiger partial charge on any atom is -0.493 e. The third-order valence-corrected chi connectivity index (χ3v) is 2.93. The lowest BCUT2D eigenvalue weighted by Gasteiger charge is -2.12. The van der Waals surface area contributed by atoms with Crippen LogP contribution in [0.3, 0.4) is 0 Å². The summed E-state index contributed by atoms with van der Waals surface area (Å²) >= 11 is 0. The van der Waals surface area contributed by atoms with Gasteiger partial charge < -0.3 is 14.8 Å². The molecule has 0 aliphatic rings. The molecular formula is C16H21N3O2. The zero-order valence-corrected chi connectivity index (χ0v) is 12.7. The van der Waals surface area contributed by atoms with Crippen molar-refractivity contribution in [1.29, 1.82) is 0 Å². The van der Waals surface area contributed by atoms with Gasteiger partial charge in [-0.15, -0.1) is 0 Å². The van der Waals surface area contributed by atoms with Crippen molar-refractivity contribution in [1.82, 2.24) is 9.97 Å². The van der Waals surface area contributed by atoms with Gasteiger partial charge in [-0.05, 0) is 18.6 Å². The highest BCUT2D eigenvalue weighted by molar-refractivity contribution is 5.69. The zero-order chi connectivity index (χ0) is 15.1. The van der Waals surface area contributed by atoms with E-state index in [-0.39, 0.29) is 0 Å². The molecule has 0 radical (unpaired) electrons. The second kappa shape index (κ2) is 7.59. The molecule has 5 heteroatoms. The van der Waals surface area contributed by atoms with Gasteiger partial charge in [0.05, 0.1) is 12.3 Å². The summed E-state index contributed by atoms with van der Waals surface area (Å²) in [5.74, 6) is 2.24. The number of nitrogens with zero attached hydrogens (tertiary/aromatic N) is 2. The minimum absolute atomic E-state index is 0.376. The summed E-state index contributed by atoms with van der Waals surface area (Å²) in [5.41, 5.74) is 1.79. The van der Waals surface area contributed by atoms with E-state index in [1.807, 2.05) is 37.4 Å².